The van der Waals surface area contributed by atoms with Crippen LogP contribution in [0.5, 0.6) is 0 Å². The Balaban J connectivity index is 2.44. The van der Waals surface area contributed by atoms with E-state index in [1.807, 2.05) is 19.1 Å². The summed E-state index contributed by atoms with van der Waals surface area (Å²) in [6, 6.07) is 3.56. The molecule has 0 aliphatic heterocycles. The monoisotopic (exact) mass is 193 g/mol. The zero-order valence-corrected chi connectivity index (χ0v) is 8.23. The fourth-order valence-corrected chi connectivity index (χ4v) is 1.19. The number of hydrogen-bond acceptors (Lipinski definition) is 3. The third-order valence-electron chi connectivity index (χ3n) is 2.05. The van der Waals surface area contributed by atoms with Crippen molar-refractivity contribution >= 4 is 5.91 Å². The van der Waals surface area contributed by atoms with Crippen LogP contribution in [0.15, 0.2) is 24.5 Å². The first kappa shape index (κ1) is 10.7. The largest absolute Gasteiger partial charge is 0.368 e. The Morgan fingerprint density at radius 3 is 2.71 bits per heavy atom. The van der Waals surface area contributed by atoms with Gasteiger partial charge in [-0.15, -0.1) is 0 Å². The lowest BCUT2D eigenvalue weighted by atomic mass is 10.2. The van der Waals surface area contributed by atoms with E-state index in [4.69, 9.17) is 5.73 Å². The van der Waals surface area contributed by atoms with Gasteiger partial charge in [-0.25, -0.2) is 0 Å². The number of pyridine rings is 1. The molecular weight excluding hydrogens is 178 g/mol. The Morgan fingerprint density at radius 1 is 1.57 bits per heavy atom. The van der Waals surface area contributed by atoms with Crippen molar-refractivity contribution in [3.63, 3.8) is 0 Å². The van der Waals surface area contributed by atoms with Crippen molar-refractivity contribution in [1.29, 1.82) is 0 Å². The highest BCUT2D eigenvalue weighted by Crippen LogP contribution is 1.97. The molecule has 1 atom stereocenters. The molecule has 1 heterocycles. The topological polar surface area (TPSA) is 68.0 Å². The second-order valence-electron chi connectivity index (χ2n) is 3.10. The number of nitrogens with zero attached hydrogens (tertiary/aromatic N) is 1. The first-order valence-electron chi connectivity index (χ1n) is 4.65. The zero-order chi connectivity index (χ0) is 10.4. The minimum atomic E-state index is -0.304. The van der Waals surface area contributed by atoms with E-state index < -0.39 is 0 Å². The predicted octanol–water partition coefficient (Wildman–Crippen LogP) is 0.435. The summed E-state index contributed by atoms with van der Waals surface area (Å²) >= 11 is 0. The second kappa shape index (κ2) is 5.34. The molecule has 1 aromatic heterocycles. The Labute approximate surface area is 83.5 Å². The quantitative estimate of drug-likeness (QED) is 0.712. The first-order chi connectivity index (χ1) is 6.74. The van der Waals surface area contributed by atoms with Crippen LogP contribution < -0.4 is 11.1 Å². The van der Waals surface area contributed by atoms with Crippen LogP contribution in [0, 0.1) is 0 Å². The third kappa shape index (κ3) is 3.14. The molecule has 1 rings (SSSR count). The molecule has 0 aromatic carbocycles. The molecule has 1 amide bonds. The van der Waals surface area contributed by atoms with E-state index in [2.05, 4.69) is 10.3 Å². The van der Waals surface area contributed by atoms with Gasteiger partial charge >= 0.3 is 0 Å². The Bertz CT molecular complexity index is 287. The highest BCUT2D eigenvalue weighted by molar-refractivity contribution is 5.79. The number of primary amides is 1. The number of amides is 1. The average molecular weight is 193 g/mol. The highest BCUT2D eigenvalue weighted by atomic mass is 16.1. The lowest BCUT2D eigenvalue weighted by Crippen LogP contribution is -2.40. The van der Waals surface area contributed by atoms with Crippen molar-refractivity contribution in [3.05, 3.63) is 30.1 Å². The van der Waals surface area contributed by atoms with Crippen LogP contribution in [0.1, 0.15) is 18.9 Å². The van der Waals surface area contributed by atoms with Crippen LogP contribution in [0.2, 0.25) is 0 Å². The van der Waals surface area contributed by atoms with Crippen molar-refractivity contribution in [1.82, 2.24) is 10.3 Å². The SMILES string of the molecule is CCC(NCc1ccncc1)C(N)=O. The molecule has 1 aromatic rings. The van der Waals surface area contributed by atoms with E-state index in [-0.39, 0.29) is 11.9 Å². The average Bonchev–Trinajstić information content (AvgIpc) is 2.20. The van der Waals surface area contributed by atoms with E-state index in [0.717, 1.165) is 5.56 Å². The number of carbonyl (C=O) groups is 1. The standard InChI is InChI=1S/C10H15N3O/c1-2-9(10(11)14)13-7-8-3-5-12-6-4-8/h3-6,9,13H,2,7H2,1H3,(H2,11,14). The predicted molar refractivity (Wildman–Crippen MR) is 54.4 cm³/mol. The van der Waals surface area contributed by atoms with Crippen molar-refractivity contribution in [3.8, 4) is 0 Å². The van der Waals surface area contributed by atoms with Gasteiger partial charge in [0, 0.05) is 18.9 Å². The molecule has 3 N–H and O–H groups in total. The number of nitrogens with two attached hydrogens (primary N) is 1. The van der Waals surface area contributed by atoms with E-state index >= 15 is 0 Å². The van der Waals surface area contributed by atoms with Gasteiger partial charge < -0.3 is 11.1 Å². The van der Waals surface area contributed by atoms with Crippen LogP contribution in [0.3, 0.4) is 0 Å². The lowest BCUT2D eigenvalue weighted by Gasteiger charge is -2.12. The summed E-state index contributed by atoms with van der Waals surface area (Å²) in [5.74, 6) is -0.304. The normalized spacial score (nSPS) is 12.4. The molecule has 1 unspecified atom stereocenters. The van der Waals surface area contributed by atoms with Crippen molar-refractivity contribution in [2.24, 2.45) is 5.73 Å². The molecule has 0 saturated carbocycles. The summed E-state index contributed by atoms with van der Waals surface area (Å²) < 4.78 is 0. The van der Waals surface area contributed by atoms with Gasteiger partial charge in [0.1, 0.15) is 0 Å². The van der Waals surface area contributed by atoms with Crippen LogP contribution in [-0.2, 0) is 11.3 Å². The highest BCUT2D eigenvalue weighted by Gasteiger charge is 2.10. The van der Waals surface area contributed by atoms with Crippen LogP contribution in [0.25, 0.3) is 0 Å². The second-order valence-corrected chi connectivity index (χ2v) is 3.10. The molecule has 0 fully saturated rings. The molecule has 0 spiro atoms. The maximum atomic E-state index is 10.9. The van der Waals surface area contributed by atoms with E-state index in [9.17, 15) is 4.79 Å². The Hall–Kier alpha value is -1.42. The summed E-state index contributed by atoms with van der Waals surface area (Å²) in [5, 5.41) is 3.08. The smallest absolute Gasteiger partial charge is 0.234 e. The van der Waals surface area contributed by atoms with Gasteiger partial charge in [0.2, 0.25) is 5.91 Å². The maximum absolute atomic E-state index is 10.9. The van der Waals surface area contributed by atoms with Gasteiger partial charge in [-0.3, -0.25) is 9.78 Å². The summed E-state index contributed by atoms with van der Waals surface area (Å²) in [6.45, 7) is 2.57. The minimum absolute atomic E-state index is 0.247. The summed E-state index contributed by atoms with van der Waals surface area (Å²) in [4.78, 5) is 14.8. The molecule has 0 aliphatic rings. The lowest BCUT2D eigenvalue weighted by molar-refractivity contribution is -0.120. The molecule has 0 radical (unpaired) electrons. The van der Waals surface area contributed by atoms with Gasteiger partial charge in [-0.2, -0.15) is 0 Å². The van der Waals surface area contributed by atoms with Crippen LogP contribution in [0.4, 0.5) is 0 Å². The molecule has 4 heteroatoms. The summed E-state index contributed by atoms with van der Waals surface area (Å²) in [6.07, 6.45) is 4.16. The fourth-order valence-electron chi connectivity index (χ4n) is 1.19. The molecule has 0 saturated heterocycles. The van der Waals surface area contributed by atoms with E-state index in [1.165, 1.54) is 0 Å². The van der Waals surface area contributed by atoms with Gasteiger partial charge in [0.05, 0.1) is 6.04 Å². The maximum Gasteiger partial charge on any atom is 0.234 e. The number of carbonyl (C=O) groups excluding carboxylic acids is 1. The van der Waals surface area contributed by atoms with Gasteiger partial charge in [0.25, 0.3) is 0 Å². The van der Waals surface area contributed by atoms with E-state index in [1.54, 1.807) is 12.4 Å². The van der Waals surface area contributed by atoms with E-state index in [0.29, 0.717) is 13.0 Å². The molecular formula is C10H15N3O. The van der Waals surface area contributed by atoms with Crippen LogP contribution in [-0.4, -0.2) is 16.9 Å². The van der Waals surface area contributed by atoms with Gasteiger partial charge in [0.15, 0.2) is 0 Å². The van der Waals surface area contributed by atoms with Crippen molar-refractivity contribution in [2.75, 3.05) is 0 Å². The number of aromatic nitrogens is 1. The third-order valence-corrected chi connectivity index (χ3v) is 2.05. The molecule has 14 heavy (non-hydrogen) atoms. The summed E-state index contributed by atoms with van der Waals surface area (Å²) in [7, 11) is 0. The van der Waals surface area contributed by atoms with Gasteiger partial charge in [-0.05, 0) is 24.1 Å². The molecule has 76 valence electrons. The fraction of sp³-hybridized carbons (Fsp3) is 0.400. The first-order valence-corrected chi connectivity index (χ1v) is 4.65. The zero-order valence-electron chi connectivity index (χ0n) is 8.23. The minimum Gasteiger partial charge on any atom is -0.368 e. The Kier molecular flexibility index (Phi) is 4.07. The molecule has 0 bridgehead atoms. The summed E-state index contributed by atoms with van der Waals surface area (Å²) in [5.41, 5.74) is 6.29. The Morgan fingerprint density at radius 2 is 2.21 bits per heavy atom. The van der Waals surface area contributed by atoms with Crippen LogP contribution >= 0.6 is 0 Å². The number of rotatable bonds is 5. The molecule has 0 aliphatic carbocycles. The van der Waals surface area contributed by atoms with Gasteiger partial charge in [-0.1, -0.05) is 6.92 Å². The van der Waals surface area contributed by atoms with Crippen molar-refractivity contribution < 1.29 is 4.79 Å². The molecule has 4 nitrogen and oxygen atoms in total. The van der Waals surface area contributed by atoms with Crippen molar-refractivity contribution in [2.45, 2.75) is 25.9 Å². The number of nitrogens with one attached hydrogen (secondary N) is 1. The number of hydrogen-bond donors (Lipinski definition) is 2.